The molecule has 3 aromatic rings. The molecule has 0 spiro atoms. The molecule has 0 saturated heterocycles. The molecule has 1 heterocycles. The van der Waals surface area contributed by atoms with Crippen LogP contribution in [-0.2, 0) is 0 Å². The van der Waals surface area contributed by atoms with Crippen molar-refractivity contribution in [1.29, 1.82) is 0 Å². The maximum Gasteiger partial charge on any atom is 0.256 e. The maximum atomic E-state index is 12.6. The molecule has 1 N–H and O–H groups in total. The highest BCUT2D eigenvalue weighted by molar-refractivity contribution is 6.12. The summed E-state index contributed by atoms with van der Waals surface area (Å²) in [5, 5.41) is 0.937. The summed E-state index contributed by atoms with van der Waals surface area (Å²) in [5.41, 5.74) is 3.45. The summed E-state index contributed by atoms with van der Waals surface area (Å²) in [6, 6.07) is 15.5. The minimum absolute atomic E-state index is 0.0109. The summed E-state index contributed by atoms with van der Waals surface area (Å²) >= 11 is 0. The second-order valence-electron chi connectivity index (χ2n) is 5.35. The SMILES string of the molecule is COc1ccc(-c2[nH]c3ccccc3c2C(=O)N(C)C)cc1. The normalized spacial score (nSPS) is 10.7. The Morgan fingerprint density at radius 1 is 1.05 bits per heavy atom. The van der Waals surface area contributed by atoms with Gasteiger partial charge in [-0.25, -0.2) is 0 Å². The number of amides is 1. The summed E-state index contributed by atoms with van der Waals surface area (Å²) in [6.45, 7) is 0. The first-order chi connectivity index (χ1) is 10.6. The van der Waals surface area contributed by atoms with E-state index in [1.165, 1.54) is 0 Å². The van der Waals surface area contributed by atoms with Gasteiger partial charge in [-0.1, -0.05) is 18.2 Å². The summed E-state index contributed by atoms with van der Waals surface area (Å²) in [7, 11) is 5.17. The zero-order valence-corrected chi connectivity index (χ0v) is 12.9. The Labute approximate surface area is 129 Å². The molecule has 0 atom stereocenters. The molecule has 2 aromatic carbocycles. The van der Waals surface area contributed by atoms with Gasteiger partial charge in [0.1, 0.15) is 5.75 Å². The van der Waals surface area contributed by atoms with Crippen molar-refractivity contribution in [2.24, 2.45) is 0 Å². The lowest BCUT2D eigenvalue weighted by molar-refractivity contribution is 0.0830. The molecule has 0 fully saturated rings. The third-order valence-corrected chi connectivity index (χ3v) is 3.70. The molecule has 4 nitrogen and oxygen atoms in total. The second-order valence-corrected chi connectivity index (χ2v) is 5.35. The molecular formula is C18H18N2O2. The Morgan fingerprint density at radius 3 is 2.36 bits per heavy atom. The zero-order chi connectivity index (χ0) is 15.7. The van der Waals surface area contributed by atoms with Crippen LogP contribution in [0.3, 0.4) is 0 Å². The largest absolute Gasteiger partial charge is 0.497 e. The number of hydrogen-bond acceptors (Lipinski definition) is 2. The number of aromatic nitrogens is 1. The number of rotatable bonds is 3. The van der Waals surface area contributed by atoms with E-state index < -0.39 is 0 Å². The van der Waals surface area contributed by atoms with E-state index in [2.05, 4.69) is 4.98 Å². The van der Waals surface area contributed by atoms with Crippen LogP contribution in [0.15, 0.2) is 48.5 Å². The molecule has 0 aliphatic rings. The third kappa shape index (κ3) is 2.33. The van der Waals surface area contributed by atoms with Crippen LogP contribution >= 0.6 is 0 Å². The van der Waals surface area contributed by atoms with E-state index >= 15 is 0 Å². The predicted molar refractivity (Wildman–Crippen MR) is 88.3 cm³/mol. The Kier molecular flexibility index (Phi) is 3.59. The number of fused-ring (bicyclic) bond motifs is 1. The van der Waals surface area contributed by atoms with Gasteiger partial charge in [-0.15, -0.1) is 0 Å². The number of nitrogens with zero attached hydrogens (tertiary/aromatic N) is 1. The summed E-state index contributed by atoms with van der Waals surface area (Å²) < 4.78 is 5.19. The van der Waals surface area contributed by atoms with Gasteiger partial charge in [0.05, 0.1) is 18.4 Å². The zero-order valence-electron chi connectivity index (χ0n) is 12.9. The molecule has 1 aromatic heterocycles. The minimum Gasteiger partial charge on any atom is -0.497 e. The fourth-order valence-corrected chi connectivity index (χ4v) is 2.56. The molecule has 1 amide bonds. The lowest BCUT2D eigenvalue weighted by atomic mass is 10.0. The van der Waals surface area contributed by atoms with Crippen LogP contribution in [0.4, 0.5) is 0 Å². The average molecular weight is 294 g/mol. The predicted octanol–water partition coefficient (Wildman–Crippen LogP) is 3.55. The van der Waals surface area contributed by atoms with E-state index in [9.17, 15) is 4.79 Å². The van der Waals surface area contributed by atoms with Crippen LogP contribution in [0.25, 0.3) is 22.2 Å². The van der Waals surface area contributed by atoms with Gasteiger partial charge in [0.2, 0.25) is 0 Å². The highest BCUT2D eigenvalue weighted by Gasteiger charge is 2.20. The quantitative estimate of drug-likeness (QED) is 0.803. The first kappa shape index (κ1) is 14.2. The molecule has 22 heavy (non-hydrogen) atoms. The van der Waals surface area contributed by atoms with Crippen molar-refractivity contribution < 1.29 is 9.53 Å². The van der Waals surface area contributed by atoms with Crippen molar-refractivity contribution in [2.75, 3.05) is 21.2 Å². The monoisotopic (exact) mass is 294 g/mol. The fraction of sp³-hybridized carbons (Fsp3) is 0.167. The van der Waals surface area contributed by atoms with E-state index in [-0.39, 0.29) is 5.91 Å². The van der Waals surface area contributed by atoms with Crippen LogP contribution in [0.5, 0.6) is 5.75 Å². The highest BCUT2D eigenvalue weighted by atomic mass is 16.5. The number of H-pyrrole nitrogens is 1. The molecule has 0 bridgehead atoms. The summed E-state index contributed by atoms with van der Waals surface area (Å²) in [6.07, 6.45) is 0. The van der Waals surface area contributed by atoms with Crippen molar-refractivity contribution in [3.8, 4) is 17.0 Å². The number of aromatic amines is 1. The molecular weight excluding hydrogens is 276 g/mol. The fourth-order valence-electron chi connectivity index (χ4n) is 2.56. The van der Waals surface area contributed by atoms with Gasteiger partial charge in [-0.2, -0.15) is 0 Å². The first-order valence-electron chi connectivity index (χ1n) is 7.08. The van der Waals surface area contributed by atoms with Gasteiger partial charge in [0, 0.05) is 25.0 Å². The number of carbonyl (C=O) groups is 1. The van der Waals surface area contributed by atoms with E-state index in [0.29, 0.717) is 5.56 Å². The lowest BCUT2D eigenvalue weighted by Crippen LogP contribution is -2.22. The standard InChI is InChI=1S/C18H18N2O2/c1-20(2)18(21)16-14-6-4-5-7-15(14)19-17(16)12-8-10-13(22-3)11-9-12/h4-11,19H,1-3H3. The molecule has 112 valence electrons. The van der Waals surface area contributed by atoms with E-state index in [1.807, 2.05) is 48.5 Å². The Morgan fingerprint density at radius 2 is 1.73 bits per heavy atom. The Bertz CT molecular complexity index is 817. The summed E-state index contributed by atoms with van der Waals surface area (Å²) in [4.78, 5) is 17.6. The second kappa shape index (κ2) is 5.56. The van der Waals surface area contributed by atoms with Gasteiger partial charge in [0.25, 0.3) is 5.91 Å². The third-order valence-electron chi connectivity index (χ3n) is 3.70. The van der Waals surface area contributed by atoms with Crippen molar-refractivity contribution in [2.45, 2.75) is 0 Å². The minimum atomic E-state index is -0.0109. The Balaban J connectivity index is 2.23. The van der Waals surface area contributed by atoms with E-state index in [1.54, 1.807) is 26.1 Å². The van der Waals surface area contributed by atoms with Gasteiger partial charge >= 0.3 is 0 Å². The highest BCUT2D eigenvalue weighted by Crippen LogP contribution is 2.31. The molecule has 0 aliphatic heterocycles. The van der Waals surface area contributed by atoms with Gasteiger partial charge in [-0.3, -0.25) is 4.79 Å². The number of carbonyl (C=O) groups excluding carboxylic acids is 1. The number of nitrogens with one attached hydrogen (secondary N) is 1. The average Bonchev–Trinajstić information content (AvgIpc) is 2.93. The number of methoxy groups -OCH3 is 1. The maximum absolute atomic E-state index is 12.6. The molecule has 0 saturated carbocycles. The summed E-state index contributed by atoms with van der Waals surface area (Å²) in [5.74, 6) is 0.781. The number of hydrogen-bond donors (Lipinski definition) is 1. The van der Waals surface area contributed by atoms with Gasteiger partial charge in [0.15, 0.2) is 0 Å². The molecule has 4 heteroatoms. The smallest absolute Gasteiger partial charge is 0.256 e. The van der Waals surface area contributed by atoms with Crippen molar-refractivity contribution in [1.82, 2.24) is 9.88 Å². The number of ether oxygens (including phenoxy) is 1. The molecule has 0 aliphatic carbocycles. The van der Waals surface area contributed by atoms with Gasteiger partial charge in [-0.05, 0) is 35.9 Å². The topological polar surface area (TPSA) is 45.3 Å². The van der Waals surface area contributed by atoms with Crippen molar-refractivity contribution in [3.63, 3.8) is 0 Å². The number of para-hydroxylation sites is 1. The lowest BCUT2D eigenvalue weighted by Gasteiger charge is -2.12. The van der Waals surface area contributed by atoms with Crippen LogP contribution < -0.4 is 4.74 Å². The van der Waals surface area contributed by atoms with Gasteiger partial charge < -0.3 is 14.6 Å². The van der Waals surface area contributed by atoms with Crippen LogP contribution in [0.2, 0.25) is 0 Å². The molecule has 3 rings (SSSR count). The number of benzene rings is 2. The van der Waals surface area contributed by atoms with Crippen LogP contribution in [-0.4, -0.2) is 37.0 Å². The molecule has 0 unspecified atom stereocenters. The van der Waals surface area contributed by atoms with E-state index in [0.717, 1.165) is 27.9 Å². The molecule has 0 radical (unpaired) electrons. The Hall–Kier alpha value is -2.75. The van der Waals surface area contributed by atoms with Crippen molar-refractivity contribution >= 4 is 16.8 Å². The van der Waals surface area contributed by atoms with Crippen molar-refractivity contribution in [3.05, 3.63) is 54.1 Å². The van der Waals surface area contributed by atoms with E-state index in [4.69, 9.17) is 4.74 Å². The first-order valence-corrected chi connectivity index (χ1v) is 7.08. The van der Waals surface area contributed by atoms with Crippen LogP contribution in [0, 0.1) is 0 Å². The van der Waals surface area contributed by atoms with Crippen LogP contribution in [0.1, 0.15) is 10.4 Å².